The Balaban J connectivity index is 1.15. The van der Waals surface area contributed by atoms with Crippen LogP contribution in [0.15, 0.2) is 30.3 Å². The van der Waals surface area contributed by atoms with Gasteiger partial charge in [0.15, 0.2) is 5.82 Å². The van der Waals surface area contributed by atoms with Crippen molar-refractivity contribution in [1.29, 1.82) is 0 Å². The number of carbonyl (C=O) groups is 2. The molecule has 12 nitrogen and oxygen atoms in total. The van der Waals surface area contributed by atoms with Crippen LogP contribution < -0.4 is 15.0 Å². The lowest BCUT2D eigenvalue weighted by molar-refractivity contribution is -0.132. The largest absolute Gasteiger partial charge is 0.474 e. The molecule has 0 bridgehead atoms. The van der Waals surface area contributed by atoms with Crippen LogP contribution in [0.25, 0.3) is 16.9 Å². The van der Waals surface area contributed by atoms with Crippen LogP contribution in [0.1, 0.15) is 64.1 Å². The van der Waals surface area contributed by atoms with E-state index in [-0.39, 0.29) is 23.9 Å². The quantitative estimate of drug-likeness (QED) is 0.326. The van der Waals surface area contributed by atoms with Crippen LogP contribution in [0.3, 0.4) is 0 Å². The minimum Gasteiger partial charge on any atom is -0.474 e. The van der Waals surface area contributed by atoms with E-state index in [4.69, 9.17) is 19.2 Å². The molecule has 2 aliphatic heterocycles. The van der Waals surface area contributed by atoms with Crippen molar-refractivity contribution in [2.24, 2.45) is 0 Å². The van der Waals surface area contributed by atoms with Gasteiger partial charge < -0.3 is 29.3 Å². The Morgan fingerprint density at radius 2 is 1.84 bits per heavy atom. The van der Waals surface area contributed by atoms with Crippen LogP contribution in [0, 0.1) is 0 Å². The molecule has 0 unspecified atom stereocenters. The number of anilines is 1. The maximum atomic E-state index is 14.2. The first-order chi connectivity index (χ1) is 21.9. The van der Waals surface area contributed by atoms with Crippen molar-refractivity contribution < 1.29 is 32.6 Å². The first kappa shape index (κ1) is 30.9. The third-order valence-electron chi connectivity index (χ3n) is 8.62. The van der Waals surface area contributed by atoms with Gasteiger partial charge >= 0.3 is 6.09 Å². The van der Waals surface area contributed by atoms with Gasteiger partial charge in [-0.2, -0.15) is 9.97 Å². The number of halogens is 2. The first-order valence-corrected chi connectivity index (χ1v) is 15.8. The van der Waals surface area contributed by atoms with E-state index in [1.807, 2.05) is 16.7 Å². The van der Waals surface area contributed by atoms with Crippen molar-refractivity contribution in [1.82, 2.24) is 29.7 Å². The molecule has 1 aliphatic carbocycles. The van der Waals surface area contributed by atoms with Gasteiger partial charge in [-0.15, -0.1) is 0 Å². The Labute approximate surface area is 260 Å². The summed E-state index contributed by atoms with van der Waals surface area (Å²) in [5.74, 6) is 0.461. The average molecular weight is 628 g/mol. The second-order valence-corrected chi connectivity index (χ2v) is 11.6. The van der Waals surface area contributed by atoms with Gasteiger partial charge in [-0.3, -0.25) is 9.36 Å². The molecule has 3 fully saturated rings. The number of fused-ring (bicyclic) bond motifs is 1. The number of amides is 2. The zero-order valence-electron chi connectivity index (χ0n) is 25.4. The number of imidazole rings is 1. The maximum Gasteiger partial charge on any atom is 0.407 e. The average Bonchev–Trinajstić information content (AvgIpc) is 3.62. The minimum absolute atomic E-state index is 0.0519. The van der Waals surface area contributed by atoms with Crippen LogP contribution in [0.2, 0.25) is 0 Å². The number of hydrogen-bond donors (Lipinski definition) is 1. The van der Waals surface area contributed by atoms with Gasteiger partial charge in [0.25, 0.3) is 6.43 Å². The van der Waals surface area contributed by atoms with E-state index in [0.717, 1.165) is 25.7 Å². The van der Waals surface area contributed by atoms with E-state index in [1.54, 1.807) is 30.3 Å². The molecule has 242 valence electrons. The molecule has 14 heteroatoms. The number of alkyl carbamates (subject to hydrolysis) is 1. The van der Waals surface area contributed by atoms with Gasteiger partial charge in [-0.25, -0.2) is 18.6 Å². The molecule has 1 N–H and O–H groups in total. The second-order valence-electron chi connectivity index (χ2n) is 11.6. The molecule has 6 rings (SSSR count). The lowest BCUT2D eigenvalue weighted by Gasteiger charge is -2.34. The summed E-state index contributed by atoms with van der Waals surface area (Å²) in [6.07, 6.45) is 1.57. The SMILES string of the molecule is CCCCOC(=O)N[C@H]1CCN(C2CCC(Oc3cc(-n4c(C(F)F)nc5ccccc54)nc(N4CCOCC4)n3)CC2)C1=O. The monoisotopic (exact) mass is 627 g/mol. The molecule has 3 aliphatic rings. The second kappa shape index (κ2) is 13.9. The van der Waals surface area contributed by atoms with Crippen LogP contribution >= 0.6 is 0 Å². The molecule has 45 heavy (non-hydrogen) atoms. The standard InChI is InChI=1S/C31H39F2N7O5/c1-2-3-16-44-31(42)35-23-12-13-39(29(23)41)20-8-10-21(11-9-20)45-26-19-25(36-30(37-26)38-14-17-43-18-15-38)40-24-7-5-4-6-22(24)34-28(40)27(32)33/h4-7,19-21,23,27H,2-3,8-18H2,1H3,(H,35,42)/t20?,21?,23-/m0/s1. The van der Waals surface area contributed by atoms with Gasteiger partial charge in [-0.1, -0.05) is 25.5 Å². The Kier molecular flexibility index (Phi) is 9.57. The number of benzene rings is 1. The van der Waals surface area contributed by atoms with Crippen LogP contribution in [-0.4, -0.2) is 94.1 Å². The van der Waals surface area contributed by atoms with Crippen molar-refractivity contribution in [3.63, 3.8) is 0 Å². The number of likely N-dealkylation sites (tertiary alicyclic amines) is 1. The van der Waals surface area contributed by atoms with Crippen molar-refractivity contribution in [3.8, 4) is 11.7 Å². The van der Waals surface area contributed by atoms with Crippen LogP contribution in [0.4, 0.5) is 19.5 Å². The number of para-hydroxylation sites is 2. The van der Waals surface area contributed by atoms with E-state index >= 15 is 0 Å². The lowest BCUT2D eigenvalue weighted by Crippen LogP contribution is -2.46. The summed E-state index contributed by atoms with van der Waals surface area (Å²) in [6.45, 7) is 5.09. The van der Waals surface area contributed by atoms with Gasteiger partial charge in [0.05, 0.1) is 30.9 Å². The third kappa shape index (κ3) is 6.95. The number of hydrogen-bond acceptors (Lipinski definition) is 9. The molecule has 4 heterocycles. The highest BCUT2D eigenvalue weighted by Crippen LogP contribution is 2.32. The summed E-state index contributed by atoms with van der Waals surface area (Å²) in [5, 5.41) is 2.71. The molecule has 3 aromatic rings. The predicted octanol–water partition coefficient (Wildman–Crippen LogP) is 4.41. The minimum atomic E-state index is -2.81. The maximum absolute atomic E-state index is 14.2. The number of aromatic nitrogens is 4. The summed E-state index contributed by atoms with van der Waals surface area (Å²) in [4.78, 5) is 42.5. The Bertz CT molecular complexity index is 1490. The fourth-order valence-electron chi connectivity index (χ4n) is 6.25. The number of unbranched alkanes of at least 4 members (excludes halogenated alkanes) is 1. The van der Waals surface area contributed by atoms with Gasteiger partial charge in [-0.05, 0) is 50.7 Å². The van der Waals surface area contributed by atoms with E-state index in [9.17, 15) is 18.4 Å². The molecule has 1 saturated carbocycles. The molecule has 2 saturated heterocycles. The number of carbonyl (C=O) groups excluding carboxylic acids is 2. The number of ether oxygens (including phenoxy) is 3. The normalized spacial score (nSPS) is 22.3. The Morgan fingerprint density at radius 3 is 2.60 bits per heavy atom. The number of morpholine rings is 1. The number of alkyl halides is 2. The number of nitrogens with one attached hydrogen (secondary N) is 1. The number of nitrogens with zero attached hydrogens (tertiary/aromatic N) is 6. The summed E-state index contributed by atoms with van der Waals surface area (Å²) in [6, 6.07) is 8.05. The Hall–Kier alpha value is -4.07. The summed E-state index contributed by atoms with van der Waals surface area (Å²) >= 11 is 0. The molecule has 2 amide bonds. The highest BCUT2D eigenvalue weighted by molar-refractivity contribution is 5.87. The molecule has 1 aromatic carbocycles. The molecular weight excluding hydrogens is 588 g/mol. The predicted molar refractivity (Wildman–Crippen MR) is 161 cm³/mol. The summed E-state index contributed by atoms with van der Waals surface area (Å²) in [5.41, 5.74) is 0.964. The summed E-state index contributed by atoms with van der Waals surface area (Å²) < 4.78 is 46.8. The lowest BCUT2D eigenvalue weighted by atomic mass is 9.92. The first-order valence-electron chi connectivity index (χ1n) is 15.8. The highest BCUT2D eigenvalue weighted by Gasteiger charge is 2.39. The zero-order valence-corrected chi connectivity index (χ0v) is 25.4. The smallest absolute Gasteiger partial charge is 0.407 e. The van der Waals surface area contributed by atoms with E-state index in [1.165, 1.54) is 4.57 Å². The summed E-state index contributed by atoms with van der Waals surface area (Å²) in [7, 11) is 0. The fourth-order valence-corrected chi connectivity index (χ4v) is 6.25. The van der Waals surface area contributed by atoms with Gasteiger partial charge in [0, 0.05) is 31.7 Å². The molecule has 0 radical (unpaired) electrons. The molecule has 1 atom stereocenters. The molecular formula is C31H39F2N7O5. The zero-order chi connectivity index (χ0) is 31.3. The fraction of sp³-hybridized carbons (Fsp3) is 0.581. The van der Waals surface area contributed by atoms with E-state index < -0.39 is 24.4 Å². The third-order valence-corrected chi connectivity index (χ3v) is 8.62. The van der Waals surface area contributed by atoms with Crippen molar-refractivity contribution in [2.75, 3.05) is 44.4 Å². The topological polar surface area (TPSA) is 124 Å². The number of rotatable bonds is 10. The van der Waals surface area contributed by atoms with Crippen molar-refractivity contribution >= 4 is 29.0 Å². The highest BCUT2D eigenvalue weighted by atomic mass is 19.3. The van der Waals surface area contributed by atoms with Crippen molar-refractivity contribution in [3.05, 3.63) is 36.2 Å². The van der Waals surface area contributed by atoms with Crippen molar-refractivity contribution in [2.45, 2.75) is 76.5 Å². The molecule has 0 spiro atoms. The van der Waals surface area contributed by atoms with E-state index in [0.29, 0.717) is 81.6 Å². The van der Waals surface area contributed by atoms with Crippen LogP contribution in [0.5, 0.6) is 5.88 Å². The van der Waals surface area contributed by atoms with Gasteiger partial charge in [0.2, 0.25) is 17.7 Å². The Morgan fingerprint density at radius 1 is 1.07 bits per heavy atom. The van der Waals surface area contributed by atoms with Gasteiger partial charge in [0.1, 0.15) is 18.0 Å². The molecule has 2 aromatic heterocycles. The van der Waals surface area contributed by atoms with E-state index in [2.05, 4.69) is 15.3 Å². The van der Waals surface area contributed by atoms with Crippen LogP contribution in [-0.2, 0) is 14.3 Å².